The summed E-state index contributed by atoms with van der Waals surface area (Å²) in [4.78, 5) is 18.9. The molecule has 0 aliphatic carbocycles. The van der Waals surface area contributed by atoms with Crippen molar-refractivity contribution in [2.45, 2.75) is 12.3 Å². The molecule has 0 spiro atoms. The highest BCUT2D eigenvalue weighted by Crippen LogP contribution is 2.34. The number of carbonyl (C=O) groups excluding carboxylic acids is 1. The monoisotopic (exact) mass is 492 g/mol. The number of pyridine rings is 1. The molecule has 170 valence electrons. The average molecular weight is 493 g/mol. The first-order valence-electron chi connectivity index (χ1n) is 10.7. The third-order valence-electron chi connectivity index (χ3n) is 5.47. The molecule has 1 amide bonds. The number of nitrogens with zero attached hydrogens (tertiary/aromatic N) is 2. The Morgan fingerprint density at radius 3 is 2.88 bits per heavy atom. The number of ether oxygens (including phenoxy) is 1. The molecule has 2 aromatic rings. The molecular formula is C23H26Cl2N4O2S. The van der Waals surface area contributed by atoms with Crippen molar-refractivity contribution in [3.8, 4) is 5.75 Å². The molecule has 0 radical (unpaired) electrons. The summed E-state index contributed by atoms with van der Waals surface area (Å²) in [5.74, 6) is 1.70. The molecule has 2 N–H and O–H groups in total. The van der Waals surface area contributed by atoms with Crippen molar-refractivity contribution in [2.24, 2.45) is 0 Å². The molecule has 1 atom stereocenters. The van der Waals surface area contributed by atoms with Gasteiger partial charge in [-0.25, -0.2) is 4.98 Å². The first-order valence-corrected chi connectivity index (χ1v) is 12.4. The van der Waals surface area contributed by atoms with Gasteiger partial charge in [0, 0.05) is 55.6 Å². The van der Waals surface area contributed by atoms with Crippen LogP contribution >= 0.6 is 35.0 Å². The van der Waals surface area contributed by atoms with Crippen LogP contribution in [-0.4, -0.2) is 60.9 Å². The lowest BCUT2D eigenvalue weighted by molar-refractivity contribution is -0.119. The molecule has 3 heterocycles. The molecule has 0 bridgehead atoms. The Morgan fingerprint density at radius 2 is 2.09 bits per heavy atom. The number of carbonyl (C=O) groups is 1. The van der Waals surface area contributed by atoms with Gasteiger partial charge in [-0.05, 0) is 41.5 Å². The Kier molecular flexibility index (Phi) is 8.32. The lowest BCUT2D eigenvalue weighted by atomic mass is 10.0. The Labute approximate surface area is 202 Å². The van der Waals surface area contributed by atoms with Crippen LogP contribution in [0.15, 0.2) is 47.6 Å². The molecule has 0 saturated carbocycles. The van der Waals surface area contributed by atoms with Crippen LogP contribution in [0.5, 0.6) is 5.75 Å². The topological polar surface area (TPSA) is 66.5 Å². The summed E-state index contributed by atoms with van der Waals surface area (Å²) in [6, 6.07) is 9.33. The van der Waals surface area contributed by atoms with Crippen LogP contribution in [0.4, 0.5) is 0 Å². The van der Waals surface area contributed by atoms with Gasteiger partial charge in [0.15, 0.2) is 0 Å². The average Bonchev–Trinajstić information content (AvgIpc) is 3.25. The molecule has 4 rings (SSSR count). The third-order valence-corrected chi connectivity index (χ3v) is 7.11. The largest absolute Gasteiger partial charge is 0.492 e. The standard InChI is InChI=1S/C23H26Cl2N4O2S/c24-20-14-19(31-10-9-29-7-5-26-6-8-29)2-1-17(20)12-22(30)28-23-13-18(15-32-23)16-3-4-27-21(25)11-16/h1-4,11,13-14,18,26H,5-10,12,15H2,(H,28,30). The number of piperazine rings is 1. The highest BCUT2D eigenvalue weighted by atomic mass is 35.5. The van der Waals surface area contributed by atoms with E-state index >= 15 is 0 Å². The molecular weight excluding hydrogens is 467 g/mol. The summed E-state index contributed by atoms with van der Waals surface area (Å²) >= 11 is 14.0. The van der Waals surface area contributed by atoms with Crippen LogP contribution < -0.4 is 15.4 Å². The predicted molar refractivity (Wildman–Crippen MR) is 131 cm³/mol. The highest BCUT2D eigenvalue weighted by Gasteiger charge is 2.20. The van der Waals surface area contributed by atoms with Gasteiger partial charge in [0.2, 0.25) is 5.91 Å². The summed E-state index contributed by atoms with van der Waals surface area (Å²) in [5, 5.41) is 8.21. The van der Waals surface area contributed by atoms with Crippen molar-refractivity contribution in [1.82, 2.24) is 20.5 Å². The molecule has 1 fully saturated rings. The highest BCUT2D eigenvalue weighted by molar-refractivity contribution is 8.03. The summed E-state index contributed by atoms with van der Waals surface area (Å²) in [6.07, 6.45) is 3.97. The van der Waals surface area contributed by atoms with E-state index in [1.54, 1.807) is 24.0 Å². The molecule has 32 heavy (non-hydrogen) atoms. The number of halogens is 2. The first-order chi connectivity index (χ1) is 15.6. The van der Waals surface area contributed by atoms with Gasteiger partial charge in [-0.15, -0.1) is 11.8 Å². The Morgan fingerprint density at radius 1 is 1.25 bits per heavy atom. The van der Waals surface area contributed by atoms with Crippen LogP contribution in [0.2, 0.25) is 10.2 Å². The smallest absolute Gasteiger partial charge is 0.229 e. The fraction of sp³-hybridized carbons (Fsp3) is 0.391. The quantitative estimate of drug-likeness (QED) is 0.547. The number of benzene rings is 1. The van der Waals surface area contributed by atoms with E-state index in [-0.39, 0.29) is 18.2 Å². The zero-order valence-electron chi connectivity index (χ0n) is 17.7. The zero-order chi connectivity index (χ0) is 22.3. The van der Waals surface area contributed by atoms with Gasteiger partial charge in [-0.1, -0.05) is 29.3 Å². The van der Waals surface area contributed by atoms with Crippen LogP contribution in [0.25, 0.3) is 0 Å². The van der Waals surface area contributed by atoms with Crippen LogP contribution in [0.1, 0.15) is 17.0 Å². The zero-order valence-corrected chi connectivity index (χ0v) is 20.0. The van der Waals surface area contributed by atoms with E-state index in [9.17, 15) is 4.79 Å². The van der Waals surface area contributed by atoms with Crippen molar-refractivity contribution in [3.05, 3.63) is 68.9 Å². The number of nitrogens with one attached hydrogen (secondary N) is 2. The van der Waals surface area contributed by atoms with E-state index in [0.717, 1.165) is 60.4 Å². The number of hydrogen-bond acceptors (Lipinski definition) is 6. The number of hydrogen-bond donors (Lipinski definition) is 2. The maximum atomic E-state index is 12.6. The molecule has 1 aromatic heterocycles. The van der Waals surface area contributed by atoms with Gasteiger partial charge in [0.05, 0.1) is 11.4 Å². The fourth-order valence-electron chi connectivity index (χ4n) is 3.72. The van der Waals surface area contributed by atoms with E-state index in [1.807, 2.05) is 24.3 Å². The summed E-state index contributed by atoms with van der Waals surface area (Å²) in [6.45, 7) is 5.65. The summed E-state index contributed by atoms with van der Waals surface area (Å²) in [5.41, 5.74) is 1.87. The minimum atomic E-state index is -0.0913. The Balaban J connectivity index is 1.26. The SMILES string of the molecule is O=C(Cc1ccc(OCCN2CCNCC2)cc1Cl)NC1=CC(c2ccnc(Cl)c2)CS1. The number of rotatable bonds is 8. The minimum absolute atomic E-state index is 0.0913. The van der Waals surface area contributed by atoms with E-state index in [2.05, 4.69) is 26.6 Å². The van der Waals surface area contributed by atoms with Crippen LogP contribution in [0.3, 0.4) is 0 Å². The van der Waals surface area contributed by atoms with Crippen molar-refractivity contribution in [2.75, 3.05) is 45.1 Å². The molecule has 2 aliphatic heterocycles. The van der Waals surface area contributed by atoms with E-state index in [0.29, 0.717) is 16.8 Å². The molecule has 9 heteroatoms. The predicted octanol–water partition coefficient (Wildman–Crippen LogP) is 3.70. The molecule has 1 unspecified atom stereocenters. The van der Waals surface area contributed by atoms with Crippen LogP contribution in [0, 0.1) is 0 Å². The van der Waals surface area contributed by atoms with Gasteiger partial charge < -0.3 is 15.4 Å². The lowest BCUT2D eigenvalue weighted by Crippen LogP contribution is -2.44. The molecule has 6 nitrogen and oxygen atoms in total. The van der Waals surface area contributed by atoms with E-state index in [1.165, 1.54) is 0 Å². The van der Waals surface area contributed by atoms with Gasteiger partial charge in [-0.3, -0.25) is 9.69 Å². The van der Waals surface area contributed by atoms with Gasteiger partial charge in [0.25, 0.3) is 0 Å². The number of aromatic nitrogens is 1. The Bertz CT molecular complexity index is 982. The van der Waals surface area contributed by atoms with Crippen LogP contribution in [-0.2, 0) is 11.2 Å². The van der Waals surface area contributed by atoms with Gasteiger partial charge in [0.1, 0.15) is 17.5 Å². The summed E-state index contributed by atoms with van der Waals surface area (Å²) in [7, 11) is 0. The first kappa shape index (κ1) is 23.4. The van der Waals surface area contributed by atoms with Gasteiger partial charge >= 0.3 is 0 Å². The number of thioether (sulfide) groups is 1. The number of amides is 1. The second-order valence-corrected chi connectivity index (χ2v) is 9.63. The second kappa shape index (κ2) is 11.4. The van der Waals surface area contributed by atoms with Crippen molar-refractivity contribution in [1.29, 1.82) is 0 Å². The third kappa shape index (κ3) is 6.62. The van der Waals surface area contributed by atoms with E-state index in [4.69, 9.17) is 27.9 Å². The number of allylic oxidation sites excluding steroid dienone is 1. The van der Waals surface area contributed by atoms with Crippen molar-refractivity contribution >= 4 is 40.9 Å². The fourth-order valence-corrected chi connectivity index (χ4v) is 5.23. The second-order valence-electron chi connectivity index (χ2n) is 7.78. The summed E-state index contributed by atoms with van der Waals surface area (Å²) < 4.78 is 5.85. The van der Waals surface area contributed by atoms with Gasteiger partial charge in [-0.2, -0.15) is 0 Å². The van der Waals surface area contributed by atoms with E-state index < -0.39 is 0 Å². The molecule has 1 saturated heterocycles. The van der Waals surface area contributed by atoms with Crippen molar-refractivity contribution < 1.29 is 9.53 Å². The van der Waals surface area contributed by atoms with Crippen molar-refractivity contribution in [3.63, 3.8) is 0 Å². The molecule has 2 aliphatic rings. The Hall–Kier alpha value is -1.77. The lowest BCUT2D eigenvalue weighted by Gasteiger charge is -2.26. The maximum Gasteiger partial charge on any atom is 0.229 e. The maximum absolute atomic E-state index is 12.6. The minimum Gasteiger partial charge on any atom is -0.492 e. The normalized spacial score (nSPS) is 18.9. The molecule has 1 aromatic carbocycles.